The summed E-state index contributed by atoms with van der Waals surface area (Å²) in [5.74, 6) is 0.698. The zero-order valence-corrected chi connectivity index (χ0v) is 11.7. The molecule has 0 radical (unpaired) electrons. The van der Waals surface area contributed by atoms with Gasteiger partial charge in [-0.1, -0.05) is 13.3 Å². The van der Waals surface area contributed by atoms with Crippen LogP contribution in [0, 0.1) is 5.92 Å². The number of esters is 1. The van der Waals surface area contributed by atoms with Crippen LogP contribution >= 0.6 is 0 Å². The molecule has 0 aromatic carbocycles. The topological polar surface area (TPSA) is 47.6 Å². The highest BCUT2D eigenvalue weighted by molar-refractivity contribution is 5.75. The third-order valence-electron chi connectivity index (χ3n) is 3.06. The second-order valence-corrected chi connectivity index (χ2v) is 4.92. The normalized spacial score (nSPS) is 16.6. The summed E-state index contributed by atoms with van der Waals surface area (Å²) in [4.78, 5) is 11.6. The van der Waals surface area contributed by atoms with Gasteiger partial charge in [-0.05, 0) is 45.1 Å². The highest BCUT2D eigenvalue weighted by Gasteiger charge is 2.21. The minimum atomic E-state index is -0.154. The molecule has 1 saturated carbocycles. The van der Waals surface area contributed by atoms with Crippen LogP contribution in [-0.2, 0) is 14.3 Å². The molecule has 4 nitrogen and oxygen atoms in total. The highest BCUT2D eigenvalue weighted by atomic mass is 16.5. The number of nitrogens with one attached hydrogen (secondary N) is 1. The van der Waals surface area contributed by atoms with Crippen molar-refractivity contribution in [2.24, 2.45) is 5.92 Å². The number of rotatable bonds is 11. The van der Waals surface area contributed by atoms with Crippen LogP contribution in [0.5, 0.6) is 0 Å². The summed E-state index contributed by atoms with van der Waals surface area (Å²) in [5, 5.41) is 3.25. The van der Waals surface area contributed by atoms with Gasteiger partial charge in [0, 0.05) is 13.2 Å². The van der Waals surface area contributed by atoms with Crippen LogP contribution in [0.1, 0.15) is 46.0 Å². The van der Waals surface area contributed by atoms with Crippen LogP contribution in [0.2, 0.25) is 0 Å². The lowest BCUT2D eigenvalue weighted by molar-refractivity contribution is -0.145. The summed E-state index contributed by atoms with van der Waals surface area (Å²) in [5.41, 5.74) is 0. The zero-order chi connectivity index (χ0) is 13.2. The molecule has 0 spiro atoms. The molecule has 1 atom stereocenters. The van der Waals surface area contributed by atoms with Crippen LogP contribution in [0.3, 0.4) is 0 Å². The van der Waals surface area contributed by atoms with Gasteiger partial charge < -0.3 is 14.8 Å². The number of hydrogen-bond acceptors (Lipinski definition) is 4. The quantitative estimate of drug-likeness (QED) is 0.455. The van der Waals surface area contributed by atoms with E-state index in [4.69, 9.17) is 9.47 Å². The number of carbonyl (C=O) groups excluding carboxylic acids is 1. The van der Waals surface area contributed by atoms with Crippen molar-refractivity contribution in [3.05, 3.63) is 0 Å². The van der Waals surface area contributed by atoms with E-state index in [0.717, 1.165) is 44.9 Å². The standard InChI is InChI=1S/C14H27NO3/c1-3-6-13(14(16)18-4-2)15-9-5-10-17-11-12-7-8-12/h12-13,15H,3-11H2,1-2H3. The van der Waals surface area contributed by atoms with Gasteiger partial charge in [0.1, 0.15) is 6.04 Å². The van der Waals surface area contributed by atoms with E-state index in [1.54, 1.807) is 0 Å². The van der Waals surface area contributed by atoms with Crippen molar-refractivity contribution >= 4 is 5.97 Å². The molecule has 0 aromatic heterocycles. The lowest BCUT2D eigenvalue weighted by Crippen LogP contribution is -2.38. The first kappa shape index (κ1) is 15.4. The van der Waals surface area contributed by atoms with E-state index in [1.165, 1.54) is 12.8 Å². The number of hydrogen-bond donors (Lipinski definition) is 1. The number of carbonyl (C=O) groups is 1. The SMILES string of the molecule is CCCC(NCCCOCC1CC1)C(=O)OCC. The Bertz CT molecular complexity index is 229. The second kappa shape index (κ2) is 9.34. The Morgan fingerprint density at radius 2 is 2.17 bits per heavy atom. The molecular formula is C14H27NO3. The van der Waals surface area contributed by atoms with Crippen LogP contribution in [0.25, 0.3) is 0 Å². The summed E-state index contributed by atoms with van der Waals surface area (Å²) in [6.45, 7) is 6.88. The Hall–Kier alpha value is -0.610. The lowest BCUT2D eigenvalue weighted by Gasteiger charge is -2.16. The molecule has 0 saturated heterocycles. The van der Waals surface area contributed by atoms with Gasteiger partial charge in [-0.3, -0.25) is 4.79 Å². The Morgan fingerprint density at radius 1 is 1.39 bits per heavy atom. The fourth-order valence-electron chi connectivity index (χ4n) is 1.82. The smallest absolute Gasteiger partial charge is 0.323 e. The molecule has 1 unspecified atom stereocenters. The van der Waals surface area contributed by atoms with Crippen molar-refractivity contribution in [1.29, 1.82) is 0 Å². The van der Waals surface area contributed by atoms with Gasteiger partial charge in [-0.2, -0.15) is 0 Å². The molecule has 106 valence electrons. The van der Waals surface area contributed by atoms with Crippen LogP contribution in [0.15, 0.2) is 0 Å². The van der Waals surface area contributed by atoms with Gasteiger partial charge in [0.05, 0.1) is 6.61 Å². The maximum absolute atomic E-state index is 11.6. The van der Waals surface area contributed by atoms with E-state index in [1.807, 2.05) is 6.92 Å². The molecule has 1 N–H and O–H groups in total. The van der Waals surface area contributed by atoms with E-state index in [-0.39, 0.29) is 12.0 Å². The summed E-state index contributed by atoms with van der Waals surface area (Å²) in [6, 6.07) is -0.154. The molecule has 0 aromatic rings. The van der Waals surface area contributed by atoms with E-state index < -0.39 is 0 Å². The molecule has 1 aliphatic carbocycles. The molecule has 0 amide bonds. The van der Waals surface area contributed by atoms with Crippen molar-refractivity contribution in [3.63, 3.8) is 0 Å². The first-order chi connectivity index (χ1) is 8.77. The van der Waals surface area contributed by atoms with Crippen molar-refractivity contribution < 1.29 is 14.3 Å². The zero-order valence-electron chi connectivity index (χ0n) is 11.7. The Labute approximate surface area is 110 Å². The van der Waals surface area contributed by atoms with Crippen LogP contribution in [0.4, 0.5) is 0 Å². The van der Waals surface area contributed by atoms with Gasteiger partial charge in [0.25, 0.3) is 0 Å². The van der Waals surface area contributed by atoms with Gasteiger partial charge in [0.15, 0.2) is 0 Å². The maximum Gasteiger partial charge on any atom is 0.323 e. The van der Waals surface area contributed by atoms with Crippen LogP contribution < -0.4 is 5.32 Å². The molecule has 0 heterocycles. The molecule has 0 bridgehead atoms. The Kier molecular flexibility index (Phi) is 8.01. The van der Waals surface area contributed by atoms with Gasteiger partial charge in [0.2, 0.25) is 0 Å². The molecule has 1 fully saturated rings. The van der Waals surface area contributed by atoms with E-state index in [9.17, 15) is 4.79 Å². The van der Waals surface area contributed by atoms with Gasteiger partial charge in [-0.25, -0.2) is 0 Å². The third-order valence-corrected chi connectivity index (χ3v) is 3.06. The Morgan fingerprint density at radius 3 is 2.78 bits per heavy atom. The Balaban J connectivity index is 2.02. The van der Waals surface area contributed by atoms with E-state index in [2.05, 4.69) is 12.2 Å². The van der Waals surface area contributed by atoms with Crippen molar-refractivity contribution in [2.45, 2.75) is 52.0 Å². The largest absolute Gasteiger partial charge is 0.465 e. The molecular weight excluding hydrogens is 230 g/mol. The lowest BCUT2D eigenvalue weighted by atomic mass is 10.1. The van der Waals surface area contributed by atoms with E-state index in [0.29, 0.717) is 6.61 Å². The molecule has 4 heteroatoms. The summed E-state index contributed by atoms with van der Waals surface area (Å²) in [7, 11) is 0. The summed E-state index contributed by atoms with van der Waals surface area (Å²) in [6.07, 6.45) is 5.43. The van der Waals surface area contributed by atoms with Crippen LogP contribution in [-0.4, -0.2) is 38.4 Å². The van der Waals surface area contributed by atoms with Crippen molar-refractivity contribution in [3.8, 4) is 0 Å². The molecule has 18 heavy (non-hydrogen) atoms. The van der Waals surface area contributed by atoms with Gasteiger partial charge in [-0.15, -0.1) is 0 Å². The first-order valence-electron chi connectivity index (χ1n) is 7.25. The monoisotopic (exact) mass is 257 g/mol. The van der Waals surface area contributed by atoms with Crippen molar-refractivity contribution in [1.82, 2.24) is 5.32 Å². The summed E-state index contributed by atoms with van der Waals surface area (Å²) >= 11 is 0. The molecule has 0 aliphatic heterocycles. The summed E-state index contributed by atoms with van der Waals surface area (Å²) < 4.78 is 10.6. The first-order valence-corrected chi connectivity index (χ1v) is 7.25. The predicted molar refractivity (Wildman–Crippen MR) is 71.5 cm³/mol. The predicted octanol–water partition coefficient (Wildman–Crippen LogP) is 2.12. The van der Waals surface area contributed by atoms with Gasteiger partial charge >= 0.3 is 5.97 Å². The molecule has 1 aliphatic rings. The fourth-order valence-corrected chi connectivity index (χ4v) is 1.82. The minimum Gasteiger partial charge on any atom is -0.465 e. The average molecular weight is 257 g/mol. The molecule has 1 rings (SSSR count). The third kappa shape index (κ3) is 6.97. The fraction of sp³-hybridized carbons (Fsp3) is 0.929. The second-order valence-electron chi connectivity index (χ2n) is 4.92. The maximum atomic E-state index is 11.6. The number of ether oxygens (including phenoxy) is 2. The van der Waals surface area contributed by atoms with Crippen molar-refractivity contribution in [2.75, 3.05) is 26.4 Å². The van der Waals surface area contributed by atoms with E-state index >= 15 is 0 Å². The highest BCUT2D eigenvalue weighted by Crippen LogP contribution is 2.28. The minimum absolute atomic E-state index is 0.127. The average Bonchev–Trinajstić information content (AvgIpc) is 3.16.